The number of benzene rings is 1. The number of hydrogen-bond donors (Lipinski definition) is 1. The second kappa shape index (κ2) is 10.4. The third-order valence-corrected chi connectivity index (χ3v) is 3.22. The summed E-state index contributed by atoms with van der Waals surface area (Å²) in [7, 11) is 0. The van der Waals surface area contributed by atoms with Crippen LogP contribution in [0.5, 0.6) is 5.75 Å². The molecule has 1 aromatic rings. The van der Waals surface area contributed by atoms with Gasteiger partial charge in [-0.3, -0.25) is 0 Å². The van der Waals surface area contributed by atoms with Gasteiger partial charge in [0.2, 0.25) is 0 Å². The lowest BCUT2D eigenvalue weighted by molar-refractivity contribution is 0.474. The number of phenols is 1. The molecule has 0 saturated carbocycles. The molecule has 0 heterocycles. The minimum atomic E-state index is 0.379. The molecule has 0 unspecified atom stereocenters. The number of rotatable bonds is 10. The van der Waals surface area contributed by atoms with E-state index in [0.717, 1.165) is 12.8 Å². The van der Waals surface area contributed by atoms with Crippen molar-refractivity contribution in [3.63, 3.8) is 0 Å². The van der Waals surface area contributed by atoms with Crippen LogP contribution in [0.4, 0.5) is 0 Å². The fraction of sp³-hybridized carbons (Fsp3) is 0.444. The maximum Gasteiger partial charge on any atom is 0.115 e. The molecular formula is C18H26O. The number of unbranched alkanes of at least 4 members (excludes halogenated alkanes) is 5. The zero-order valence-electron chi connectivity index (χ0n) is 11.9. The van der Waals surface area contributed by atoms with E-state index in [-0.39, 0.29) is 0 Å². The molecule has 1 heteroatoms. The molecule has 0 saturated heterocycles. The Labute approximate surface area is 117 Å². The van der Waals surface area contributed by atoms with Gasteiger partial charge in [0.25, 0.3) is 0 Å². The maximum absolute atomic E-state index is 9.36. The molecule has 0 spiro atoms. The molecule has 104 valence electrons. The molecule has 0 aliphatic heterocycles. The summed E-state index contributed by atoms with van der Waals surface area (Å²) in [6.07, 6.45) is 16.1. The van der Waals surface area contributed by atoms with E-state index in [2.05, 4.69) is 24.8 Å². The average Bonchev–Trinajstić information content (AvgIpc) is 2.41. The average molecular weight is 258 g/mol. The molecule has 0 amide bonds. The van der Waals surface area contributed by atoms with Crippen molar-refractivity contribution < 1.29 is 5.11 Å². The van der Waals surface area contributed by atoms with Gasteiger partial charge in [-0.2, -0.15) is 0 Å². The molecule has 19 heavy (non-hydrogen) atoms. The van der Waals surface area contributed by atoms with Crippen molar-refractivity contribution in [2.24, 2.45) is 0 Å². The van der Waals surface area contributed by atoms with Gasteiger partial charge >= 0.3 is 0 Å². The van der Waals surface area contributed by atoms with Crippen LogP contribution in [0.3, 0.4) is 0 Å². The van der Waals surface area contributed by atoms with Crippen LogP contribution in [0, 0.1) is 0 Å². The van der Waals surface area contributed by atoms with Crippen molar-refractivity contribution in [2.45, 2.75) is 51.4 Å². The van der Waals surface area contributed by atoms with Crippen molar-refractivity contribution in [1.29, 1.82) is 0 Å². The number of allylic oxidation sites excluding steroid dienone is 3. The summed E-state index contributed by atoms with van der Waals surface area (Å²) in [5, 5.41) is 9.36. The predicted octanol–water partition coefficient (Wildman–Crippen LogP) is 5.41. The van der Waals surface area contributed by atoms with Crippen LogP contribution >= 0.6 is 0 Å². The molecule has 1 rings (SSSR count). The van der Waals surface area contributed by atoms with Gasteiger partial charge in [-0.05, 0) is 49.8 Å². The highest BCUT2D eigenvalue weighted by Gasteiger charge is 1.95. The summed E-state index contributed by atoms with van der Waals surface area (Å²) < 4.78 is 0. The second-order valence-corrected chi connectivity index (χ2v) is 4.97. The fourth-order valence-electron chi connectivity index (χ4n) is 2.14. The van der Waals surface area contributed by atoms with Gasteiger partial charge in [-0.1, -0.05) is 49.6 Å². The van der Waals surface area contributed by atoms with Crippen molar-refractivity contribution in [3.05, 3.63) is 54.6 Å². The van der Waals surface area contributed by atoms with E-state index in [9.17, 15) is 5.11 Å². The normalized spacial score (nSPS) is 10.9. The third kappa shape index (κ3) is 8.25. The molecule has 0 atom stereocenters. The lowest BCUT2D eigenvalue weighted by Gasteiger charge is -2.02. The molecule has 0 aliphatic rings. The van der Waals surface area contributed by atoms with E-state index in [1.54, 1.807) is 6.07 Å². The van der Waals surface area contributed by atoms with Crippen molar-refractivity contribution in [2.75, 3.05) is 0 Å². The van der Waals surface area contributed by atoms with E-state index in [4.69, 9.17) is 0 Å². The van der Waals surface area contributed by atoms with Crippen molar-refractivity contribution >= 4 is 0 Å². The summed E-state index contributed by atoms with van der Waals surface area (Å²) in [5.41, 5.74) is 1.24. The van der Waals surface area contributed by atoms with E-state index >= 15 is 0 Å². The highest BCUT2D eigenvalue weighted by molar-refractivity contribution is 5.27. The van der Waals surface area contributed by atoms with Crippen LogP contribution in [0.25, 0.3) is 0 Å². The molecular weight excluding hydrogens is 232 g/mol. The predicted molar refractivity (Wildman–Crippen MR) is 83.5 cm³/mol. The molecule has 1 N–H and O–H groups in total. The topological polar surface area (TPSA) is 20.2 Å². The molecule has 1 nitrogen and oxygen atoms in total. The van der Waals surface area contributed by atoms with E-state index in [1.165, 1.54) is 44.1 Å². The fourth-order valence-corrected chi connectivity index (χ4v) is 2.14. The molecule has 0 radical (unpaired) electrons. The quantitative estimate of drug-likeness (QED) is 0.439. The van der Waals surface area contributed by atoms with Crippen LogP contribution < -0.4 is 0 Å². The Morgan fingerprint density at radius 3 is 2.58 bits per heavy atom. The van der Waals surface area contributed by atoms with Crippen LogP contribution in [0.1, 0.15) is 50.5 Å². The van der Waals surface area contributed by atoms with Crippen LogP contribution in [-0.2, 0) is 6.42 Å². The van der Waals surface area contributed by atoms with E-state index in [0.29, 0.717) is 5.75 Å². The monoisotopic (exact) mass is 258 g/mol. The molecule has 0 bridgehead atoms. The molecule has 1 aromatic carbocycles. The van der Waals surface area contributed by atoms with E-state index in [1.807, 2.05) is 18.2 Å². The van der Waals surface area contributed by atoms with Crippen LogP contribution in [-0.4, -0.2) is 5.11 Å². The largest absolute Gasteiger partial charge is 0.508 e. The second-order valence-electron chi connectivity index (χ2n) is 4.97. The van der Waals surface area contributed by atoms with Gasteiger partial charge < -0.3 is 5.11 Å². The van der Waals surface area contributed by atoms with Crippen LogP contribution in [0.15, 0.2) is 49.1 Å². The van der Waals surface area contributed by atoms with Gasteiger partial charge in [-0.25, -0.2) is 0 Å². The lowest BCUT2D eigenvalue weighted by atomic mass is 10.0. The zero-order valence-corrected chi connectivity index (χ0v) is 11.9. The van der Waals surface area contributed by atoms with Gasteiger partial charge in [0.1, 0.15) is 5.75 Å². The number of aromatic hydroxyl groups is 1. The summed E-state index contributed by atoms with van der Waals surface area (Å²) in [6.45, 7) is 3.69. The van der Waals surface area contributed by atoms with Crippen LogP contribution in [0.2, 0.25) is 0 Å². The first kappa shape index (κ1) is 15.6. The summed E-state index contributed by atoms with van der Waals surface area (Å²) >= 11 is 0. The first-order chi connectivity index (χ1) is 9.33. The Hall–Kier alpha value is -1.50. The Kier molecular flexibility index (Phi) is 8.54. The third-order valence-electron chi connectivity index (χ3n) is 3.22. The first-order valence-corrected chi connectivity index (χ1v) is 7.36. The highest BCUT2D eigenvalue weighted by atomic mass is 16.3. The van der Waals surface area contributed by atoms with Crippen molar-refractivity contribution in [1.82, 2.24) is 0 Å². The number of phenolic OH excluding ortho intramolecular Hbond substituents is 1. The first-order valence-electron chi connectivity index (χ1n) is 7.36. The molecule has 0 aromatic heterocycles. The molecule has 0 fully saturated rings. The summed E-state index contributed by atoms with van der Waals surface area (Å²) in [6, 6.07) is 7.60. The number of aryl methyl sites for hydroxylation is 1. The van der Waals surface area contributed by atoms with E-state index < -0.39 is 0 Å². The number of hydrogen-bond acceptors (Lipinski definition) is 1. The van der Waals surface area contributed by atoms with Crippen molar-refractivity contribution in [3.8, 4) is 5.75 Å². The maximum atomic E-state index is 9.36. The van der Waals surface area contributed by atoms with Gasteiger partial charge in [0.05, 0.1) is 0 Å². The zero-order chi connectivity index (χ0) is 13.8. The Bertz CT molecular complexity index is 379. The Balaban J connectivity index is 1.95. The van der Waals surface area contributed by atoms with Gasteiger partial charge in [-0.15, -0.1) is 6.58 Å². The minimum absolute atomic E-state index is 0.379. The summed E-state index contributed by atoms with van der Waals surface area (Å²) in [4.78, 5) is 0. The Morgan fingerprint density at radius 2 is 1.79 bits per heavy atom. The minimum Gasteiger partial charge on any atom is -0.508 e. The highest BCUT2D eigenvalue weighted by Crippen LogP contribution is 2.14. The SMILES string of the molecule is C=CC/C=C/CCCCCCCc1cccc(O)c1. The standard InChI is InChI=1S/C18H26O/c1-2-3-4-5-6-7-8-9-10-11-13-17-14-12-15-18(19)16-17/h2,4-5,12,14-16,19H,1,3,6-11,13H2/b5-4+. The van der Waals surface area contributed by atoms with Gasteiger partial charge in [0.15, 0.2) is 0 Å². The van der Waals surface area contributed by atoms with Gasteiger partial charge in [0, 0.05) is 0 Å². The summed E-state index contributed by atoms with van der Waals surface area (Å²) in [5.74, 6) is 0.379. The Morgan fingerprint density at radius 1 is 1.00 bits per heavy atom. The smallest absolute Gasteiger partial charge is 0.115 e. The lowest BCUT2D eigenvalue weighted by Crippen LogP contribution is -1.86. The molecule has 0 aliphatic carbocycles.